The van der Waals surface area contributed by atoms with Gasteiger partial charge >= 0.3 is 6.18 Å². The number of alkyl halides is 3. The molecule has 0 spiro atoms. The zero-order chi connectivity index (χ0) is 29.6. The molecule has 1 saturated heterocycles. The van der Waals surface area contributed by atoms with Crippen molar-refractivity contribution >= 4 is 45.7 Å². The molecule has 1 fully saturated rings. The Morgan fingerprint density at radius 3 is 2.55 bits per heavy atom. The molecule has 1 aromatic carbocycles. The highest BCUT2D eigenvalue weighted by molar-refractivity contribution is 6.36. The molecular formula is C27H27ClF3N9O2. The van der Waals surface area contributed by atoms with Crippen LogP contribution in [0.3, 0.4) is 0 Å². The SMILES string of the molecule is CNc1nccn2ncc(Oc3cnc4nc(Nc5cc(OC6CCN(C)CC6)cc(C(F)(F)F)c5)n(C)c4c3Cl)c12. The van der Waals surface area contributed by atoms with Crippen molar-refractivity contribution in [2.24, 2.45) is 7.05 Å². The summed E-state index contributed by atoms with van der Waals surface area (Å²) in [5.74, 6) is 1.57. The van der Waals surface area contributed by atoms with Crippen molar-refractivity contribution in [3.05, 3.63) is 53.6 Å². The first-order valence-electron chi connectivity index (χ1n) is 13.1. The number of nitrogens with zero attached hydrogens (tertiary/aromatic N) is 7. The number of fused-ring (bicyclic) bond motifs is 2. The molecule has 0 amide bonds. The van der Waals surface area contributed by atoms with E-state index in [1.165, 1.54) is 18.5 Å². The van der Waals surface area contributed by atoms with Crippen molar-refractivity contribution < 1.29 is 22.6 Å². The lowest BCUT2D eigenvalue weighted by Crippen LogP contribution is -2.35. The standard InChI is InChI=1S/C27H27ClF3N9O2/c1-32-24-22-20(14-35-40(22)9-6-33-24)42-19-13-34-25-23(21(19)28)39(3)26(37-25)36-16-10-15(27(29,30)31)11-18(12-16)41-17-4-7-38(2)8-5-17/h6,9-14,17H,4-5,7-8H2,1-3H3,(H,32,33)(H,34,36,37). The number of imidazole rings is 1. The Morgan fingerprint density at radius 1 is 1.02 bits per heavy atom. The van der Waals surface area contributed by atoms with E-state index in [1.54, 1.807) is 35.6 Å². The van der Waals surface area contributed by atoms with Gasteiger partial charge in [0.05, 0.1) is 18.0 Å². The molecule has 2 N–H and O–H groups in total. The van der Waals surface area contributed by atoms with Gasteiger partial charge in [-0.3, -0.25) is 0 Å². The Morgan fingerprint density at radius 2 is 1.81 bits per heavy atom. The summed E-state index contributed by atoms with van der Waals surface area (Å²) in [6.07, 6.45) is 2.99. The lowest BCUT2D eigenvalue weighted by Gasteiger charge is -2.29. The number of anilines is 3. The molecule has 1 aliphatic rings. The summed E-state index contributed by atoms with van der Waals surface area (Å²) >= 11 is 6.75. The molecule has 5 aromatic rings. The summed E-state index contributed by atoms with van der Waals surface area (Å²) in [5, 5.41) is 10.5. The van der Waals surface area contributed by atoms with E-state index in [2.05, 4.69) is 35.6 Å². The molecule has 11 nitrogen and oxygen atoms in total. The molecule has 0 bridgehead atoms. The minimum Gasteiger partial charge on any atom is -0.490 e. The second-order valence-corrected chi connectivity index (χ2v) is 10.4. The molecule has 0 atom stereocenters. The van der Waals surface area contributed by atoms with E-state index in [9.17, 15) is 13.2 Å². The van der Waals surface area contributed by atoms with Crippen molar-refractivity contribution in [1.82, 2.24) is 34.0 Å². The van der Waals surface area contributed by atoms with E-state index in [4.69, 9.17) is 21.1 Å². The highest BCUT2D eigenvalue weighted by atomic mass is 35.5. The van der Waals surface area contributed by atoms with Gasteiger partial charge in [0.1, 0.15) is 22.4 Å². The predicted molar refractivity (Wildman–Crippen MR) is 152 cm³/mol. The molecule has 1 aliphatic heterocycles. The van der Waals surface area contributed by atoms with Gasteiger partial charge in [0.2, 0.25) is 5.95 Å². The molecule has 4 aromatic heterocycles. The van der Waals surface area contributed by atoms with Crippen LogP contribution in [0.25, 0.3) is 16.7 Å². The van der Waals surface area contributed by atoms with E-state index in [0.717, 1.165) is 38.1 Å². The van der Waals surface area contributed by atoms with Gasteiger partial charge in [-0.25, -0.2) is 14.5 Å². The second kappa shape index (κ2) is 10.8. The number of likely N-dealkylation sites (tertiary alicyclic amines) is 1. The number of ether oxygens (including phenoxy) is 2. The fourth-order valence-corrected chi connectivity index (χ4v) is 5.21. The molecule has 220 valence electrons. The van der Waals surface area contributed by atoms with Crippen LogP contribution in [0.4, 0.5) is 30.6 Å². The number of pyridine rings is 1. The van der Waals surface area contributed by atoms with Crippen LogP contribution in [0.5, 0.6) is 17.2 Å². The highest BCUT2D eigenvalue weighted by Crippen LogP contribution is 2.39. The van der Waals surface area contributed by atoms with Gasteiger partial charge in [-0.15, -0.1) is 0 Å². The van der Waals surface area contributed by atoms with Crippen molar-refractivity contribution in [1.29, 1.82) is 0 Å². The lowest BCUT2D eigenvalue weighted by atomic mass is 10.1. The third-order valence-corrected chi connectivity index (χ3v) is 7.48. The molecule has 6 rings (SSSR count). The van der Waals surface area contributed by atoms with Gasteiger partial charge in [0.15, 0.2) is 28.5 Å². The third kappa shape index (κ3) is 5.34. The second-order valence-electron chi connectivity index (χ2n) is 10.0. The van der Waals surface area contributed by atoms with Crippen LogP contribution in [0, 0.1) is 0 Å². The summed E-state index contributed by atoms with van der Waals surface area (Å²) < 4.78 is 56.7. The van der Waals surface area contributed by atoms with Crippen LogP contribution in [0.2, 0.25) is 5.02 Å². The molecule has 0 saturated carbocycles. The zero-order valence-electron chi connectivity index (χ0n) is 22.9. The maximum atomic E-state index is 13.8. The van der Waals surface area contributed by atoms with Gasteiger partial charge in [-0.2, -0.15) is 23.3 Å². The predicted octanol–water partition coefficient (Wildman–Crippen LogP) is 5.73. The number of rotatable bonds is 7. The zero-order valence-corrected chi connectivity index (χ0v) is 23.7. The number of hydrogen-bond acceptors (Lipinski definition) is 9. The number of piperidine rings is 1. The van der Waals surface area contributed by atoms with Crippen molar-refractivity contribution in [2.75, 3.05) is 37.8 Å². The summed E-state index contributed by atoms with van der Waals surface area (Å²) in [6, 6.07) is 3.58. The Bertz CT molecular complexity index is 1760. The molecule has 0 radical (unpaired) electrons. The average Bonchev–Trinajstić information content (AvgIpc) is 3.51. The Labute approximate surface area is 243 Å². The number of aryl methyl sites for hydroxylation is 1. The van der Waals surface area contributed by atoms with Crippen LogP contribution < -0.4 is 20.1 Å². The minimum absolute atomic E-state index is 0.135. The Balaban J connectivity index is 1.31. The molecule has 5 heterocycles. The summed E-state index contributed by atoms with van der Waals surface area (Å²) in [7, 11) is 5.42. The van der Waals surface area contributed by atoms with Crippen molar-refractivity contribution in [3.63, 3.8) is 0 Å². The van der Waals surface area contributed by atoms with E-state index in [1.807, 2.05) is 7.05 Å². The van der Waals surface area contributed by atoms with E-state index >= 15 is 0 Å². The Kier molecular flexibility index (Phi) is 7.19. The number of hydrogen-bond donors (Lipinski definition) is 2. The maximum Gasteiger partial charge on any atom is 0.416 e. The largest absolute Gasteiger partial charge is 0.490 e. The molecule has 0 unspecified atom stereocenters. The van der Waals surface area contributed by atoms with Gasteiger partial charge in [0, 0.05) is 51.3 Å². The fraction of sp³-hybridized carbons (Fsp3) is 0.333. The summed E-state index contributed by atoms with van der Waals surface area (Å²) in [4.78, 5) is 15.3. The first-order chi connectivity index (χ1) is 20.1. The molecule has 0 aliphatic carbocycles. The smallest absolute Gasteiger partial charge is 0.416 e. The maximum absolute atomic E-state index is 13.8. The molecule has 42 heavy (non-hydrogen) atoms. The van der Waals surface area contributed by atoms with Gasteiger partial charge in [-0.1, -0.05) is 11.6 Å². The van der Waals surface area contributed by atoms with Crippen LogP contribution in [0.15, 0.2) is 43.0 Å². The summed E-state index contributed by atoms with van der Waals surface area (Å²) in [6.45, 7) is 1.64. The molecular weight excluding hydrogens is 575 g/mol. The van der Waals surface area contributed by atoms with Gasteiger partial charge in [-0.05, 0) is 32.0 Å². The number of nitrogens with one attached hydrogen (secondary N) is 2. The Hall–Kier alpha value is -4.30. The number of benzene rings is 1. The number of aromatic nitrogens is 6. The van der Waals surface area contributed by atoms with Crippen LogP contribution >= 0.6 is 11.6 Å². The lowest BCUT2D eigenvalue weighted by molar-refractivity contribution is -0.137. The van der Waals surface area contributed by atoms with Crippen molar-refractivity contribution in [3.8, 4) is 17.2 Å². The highest BCUT2D eigenvalue weighted by Gasteiger charge is 2.32. The number of halogens is 4. The van der Waals surface area contributed by atoms with Crippen molar-refractivity contribution in [2.45, 2.75) is 25.1 Å². The minimum atomic E-state index is -4.56. The van der Waals surface area contributed by atoms with Gasteiger partial charge in [0.25, 0.3) is 0 Å². The van der Waals surface area contributed by atoms with Gasteiger partial charge < -0.3 is 29.6 Å². The van der Waals surface area contributed by atoms with E-state index in [-0.39, 0.29) is 39.9 Å². The average molecular weight is 602 g/mol. The summed E-state index contributed by atoms with van der Waals surface area (Å²) in [5.41, 5.74) is 0.646. The first kappa shape index (κ1) is 27.8. The fourth-order valence-electron chi connectivity index (χ4n) is 4.92. The monoisotopic (exact) mass is 601 g/mol. The van der Waals surface area contributed by atoms with E-state index in [0.29, 0.717) is 22.6 Å². The molecule has 15 heteroatoms. The normalized spacial score (nSPS) is 14.9. The quantitative estimate of drug-likeness (QED) is 0.242. The first-order valence-corrected chi connectivity index (χ1v) is 13.5. The van der Waals surface area contributed by atoms with Crippen LogP contribution in [0.1, 0.15) is 18.4 Å². The van der Waals surface area contributed by atoms with Crippen LogP contribution in [-0.4, -0.2) is 67.3 Å². The third-order valence-electron chi connectivity index (χ3n) is 7.12. The topological polar surface area (TPSA) is 107 Å². The van der Waals surface area contributed by atoms with Crippen LogP contribution in [-0.2, 0) is 13.2 Å². The van der Waals surface area contributed by atoms with E-state index < -0.39 is 11.7 Å².